The van der Waals surface area contributed by atoms with Gasteiger partial charge < -0.3 is 26.8 Å². The molecule has 3 aromatic rings. The molecule has 26 heavy (non-hydrogen) atoms. The highest BCUT2D eigenvalue weighted by molar-refractivity contribution is 9.09. The van der Waals surface area contributed by atoms with Crippen LogP contribution in [0.1, 0.15) is 12.8 Å². The van der Waals surface area contributed by atoms with Gasteiger partial charge >= 0.3 is 0 Å². The molecule has 2 aromatic carbocycles. The smallest absolute Gasteiger partial charge is 0.215 e. The second-order valence-electron chi connectivity index (χ2n) is 6.97. The van der Waals surface area contributed by atoms with E-state index in [0.717, 1.165) is 11.9 Å². The Labute approximate surface area is 175 Å². The van der Waals surface area contributed by atoms with E-state index in [1.807, 2.05) is 0 Å². The number of anilines is 2. The van der Waals surface area contributed by atoms with Gasteiger partial charge in [0.1, 0.15) is 6.54 Å². The van der Waals surface area contributed by atoms with Gasteiger partial charge in [-0.05, 0) is 36.8 Å². The second-order valence-corrected chi connectivity index (χ2v) is 7.76. The van der Waals surface area contributed by atoms with Crippen LogP contribution in [-0.2, 0) is 6.54 Å². The fourth-order valence-corrected chi connectivity index (χ4v) is 3.63. The Morgan fingerprint density at radius 2 is 1.27 bits per heavy atom. The van der Waals surface area contributed by atoms with Gasteiger partial charge in [0.2, 0.25) is 11.0 Å². The third kappa shape index (κ3) is 4.32. The molecule has 3 rings (SSSR count). The average Bonchev–Trinajstić information content (AvgIpc) is 2.60. The monoisotopic (exact) mass is 479 g/mol. The molecule has 0 saturated heterocycles. The summed E-state index contributed by atoms with van der Waals surface area (Å²) >= 11 is 3.56. The van der Waals surface area contributed by atoms with E-state index in [-0.39, 0.29) is 17.0 Å². The molecule has 1 aromatic heterocycles. The number of rotatable bonds is 6. The molecular formula is C21H27Br2N3. The van der Waals surface area contributed by atoms with Crippen molar-refractivity contribution in [2.45, 2.75) is 19.4 Å². The van der Waals surface area contributed by atoms with Crippen LogP contribution in [0.4, 0.5) is 11.4 Å². The van der Waals surface area contributed by atoms with Gasteiger partial charge in [-0.2, -0.15) is 4.57 Å². The van der Waals surface area contributed by atoms with Crippen LogP contribution >= 0.6 is 15.9 Å². The number of hydrogen-bond acceptors (Lipinski definition) is 2. The lowest BCUT2D eigenvalue weighted by atomic mass is 10.1. The van der Waals surface area contributed by atoms with Gasteiger partial charge in [0.05, 0.1) is 0 Å². The fourth-order valence-electron chi connectivity index (χ4n) is 3.23. The number of aryl methyl sites for hydroxylation is 1. The quantitative estimate of drug-likeness (QED) is 0.229. The average molecular weight is 481 g/mol. The van der Waals surface area contributed by atoms with Crippen molar-refractivity contribution in [2.75, 3.05) is 43.3 Å². The number of unbranched alkanes of at least 4 members (excludes halogenated alkanes) is 1. The second kappa shape index (κ2) is 9.05. The van der Waals surface area contributed by atoms with Crippen LogP contribution in [0.3, 0.4) is 0 Å². The molecule has 0 spiro atoms. The topological polar surface area (TPSA) is 10.4 Å². The summed E-state index contributed by atoms with van der Waals surface area (Å²) in [6, 6.07) is 15.8. The van der Waals surface area contributed by atoms with Crippen LogP contribution < -0.4 is 31.3 Å². The molecule has 0 bridgehead atoms. The van der Waals surface area contributed by atoms with E-state index in [4.69, 9.17) is 0 Å². The molecule has 0 aliphatic carbocycles. The Morgan fingerprint density at radius 1 is 0.769 bits per heavy atom. The predicted octanol–water partition coefficient (Wildman–Crippen LogP) is 1.59. The number of hydrogen-bond donors (Lipinski definition) is 0. The molecule has 0 amide bonds. The molecule has 1 heterocycles. The van der Waals surface area contributed by atoms with Crippen LogP contribution in [-0.4, -0.2) is 33.5 Å². The summed E-state index contributed by atoms with van der Waals surface area (Å²) in [5, 5.41) is 3.66. The summed E-state index contributed by atoms with van der Waals surface area (Å²) in [5.41, 5.74) is 5.10. The minimum absolute atomic E-state index is 0. The Bertz CT molecular complexity index is 825. The van der Waals surface area contributed by atoms with Crippen molar-refractivity contribution in [2.24, 2.45) is 0 Å². The molecule has 0 radical (unpaired) electrons. The van der Waals surface area contributed by atoms with Gasteiger partial charge in [-0.15, -0.1) is 0 Å². The summed E-state index contributed by atoms with van der Waals surface area (Å²) in [5.74, 6) is 0. The molecule has 0 aliphatic heterocycles. The Balaban J connectivity index is 0.00000243. The first-order valence-corrected chi connectivity index (χ1v) is 9.94. The summed E-state index contributed by atoms with van der Waals surface area (Å²) in [7, 11) is 8.39. The molecule has 140 valence electrons. The number of halogens is 2. The van der Waals surface area contributed by atoms with E-state index >= 15 is 0 Å². The number of aromatic nitrogens is 1. The first-order valence-electron chi connectivity index (χ1n) is 8.82. The minimum atomic E-state index is 0. The van der Waals surface area contributed by atoms with Crippen LogP contribution in [0.15, 0.2) is 42.5 Å². The van der Waals surface area contributed by atoms with Gasteiger partial charge in [-0.1, -0.05) is 15.9 Å². The van der Waals surface area contributed by atoms with Crippen molar-refractivity contribution < 1.29 is 21.5 Å². The van der Waals surface area contributed by atoms with Crippen molar-refractivity contribution in [3.05, 3.63) is 42.5 Å². The highest BCUT2D eigenvalue weighted by Gasteiger charge is 2.17. The summed E-state index contributed by atoms with van der Waals surface area (Å²) in [4.78, 5) is 4.34. The fraction of sp³-hybridized carbons (Fsp3) is 0.381. The molecule has 0 unspecified atom stereocenters. The number of alkyl halides is 1. The van der Waals surface area contributed by atoms with Gasteiger partial charge in [-0.25, -0.2) is 0 Å². The van der Waals surface area contributed by atoms with Gasteiger partial charge in [0.25, 0.3) is 0 Å². The summed E-state index contributed by atoms with van der Waals surface area (Å²) in [6.45, 7) is 1.03. The summed E-state index contributed by atoms with van der Waals surface area (Å²) < 4.78 is 2.49. The van der Waals surface area contributed by atoms with E-state index in [9.17, 15) is 0 Å². The van der Waals surface area contributed by atoms with Crippen LogP contribution in [0.25, 0.3) is 21.8 Å². The van der Waals surface area contributed by atoms with Crippen molar-refractivity contribution in [1.29, 1.82) is 0 Å². The van der Waals surface area contributed by atoms with Crippen molar-refractivity contribution in [1.82, 2.24) is 0 Å². The lowest BCUT2D eigenvalue weighted by Crippen LogP contribution is -3.00. The highest BCUT2D eigenvalue weighted by Crippen LogP contribution is 2.25. The molecular weight excluding hydrogens is 454 g/mol. The van der Waals surface area contributed by atoms with Crippen LogP contribution in [0.2, 0.25) is 0 Å². The van der Waals surface area contributed by atoms with Crippen LogP contribution in [0, 0.1) is 0 Å². The Morgan fingerprint density at radius 3 is 1.69 bits per heavy atom. The highest BCUT2D eigenvalue weighted by atomic mass is 79.9. The standard InChI is InChI=1S/C21H27BrN3.BrH/c1-23(2)18-9-7-16-13-17-8-10-19(24(3)4)15-21(17)25(20(16)14-18)12-6-5-11-22;/h7-10,13-15H,5-6,11-12H2,1-4H3;1H/q+1;/p-1. The zero-order valence-corrected chi connectivity index (χ0v) is 19.1. The molecule has 5 heteroatoms. The minimum Gasteiger partial charge on any atom is -1.00 e. The molecule has 0 atom stereocenters. The van der Waals surface area contributed by atoms with Gasteiger partial charge in [0.15, 0.2) is 0 Å². The summed E-state index contributed by atoms with van der Waals surface area (Å²) in [6.07, 6.45) is 2.36. The normalized spacial score (nSPS) is 10.8. The molecule has 3 nitrogen and oxygen atoms in total. The lowest BCUT2D eigenvalue weighted by Gasteiger charge is -2.15. The van der Waals surface area contributed by atoms with E-state index in [0.29, 0.717) is 0 Å². The third-order valence-electron chi connectivity index (χ3n) is 4.72. The number of fused-ring (bicyclic) bond motifs is 2. The third-order valence-corrected chi connectivity index (χ3v) is 5.28. The van der Waals surface area contributed by atoms with E-state index < -0.39 is 0 Å². The molecule has 0 N–H and O–H groups in total. The Hall–Kier alpha value is -1.33. The zero-order chi connectivity index (χ0) is 18.0. The first kappa shape index (κ1) is 21.0. The first-order chi connectivity index (χ1) is 12.0. The van der Waals surface area contributed by atoms with Crippen molar-refractivity contribution in [3.8, 4) is 0 Å². The maximum Gasteiger partial charge on any atom is 0.215 e. The number of pyridine rings is 1. The Kier molecular flexibility index (Phi) is 7.30. The zero-order valence-electron chi connectivity index (χ0n) is 16.0. The van der Waals surface area contributed by atoms with E-state index in [1.165, 1.54) is 46.0 Å². The number of benzene rings is 2. The van der Waals surface area contributed by atoms with E-state index in [2.05, 4.69) is 101 Å². The molecule has 0 saturated carbocycles. The SMILES string of the molecule is CN(C)c1ccc2cc3ccc(N(C)C)cc3[n+](CCCCBr)c2c1.[Br-]. The lowest BCUT2D eigenvalue weighted by molar-refractivity contribution is -0.645. The largest absolute Gasteiger partial charge is 1.00 e. The maximum absolute atomic E-state index is 3.56. The number of nitrogens with zero attached hydrogens (tertiary/aromatic N) is 3. The molecule has 0 aliphatic rings. The predicted molar refractivity (Wildman–Crippen MR) is 113 cm³/mol. The van der Waals surface area contributed by atoms with Gasteiger partial charge in [0, 0.05) is 74.2 Å². The molecule has 0 fully saturated rings. The van der Waals surface area contributed by atoms with Crippen molar-refractivity contribution in [3.63, 3.8) is 0 Å². The van der Waals surface area contributed by atoms with Crippen LogP contribution in [0.5, 0.6) is 0 Å². The maximum atomic E-state index is 3.56. The van der Waals surface area contributed by atoms with Crippen molar-refractivity contribution >= 4 is 49.1 Å². The van der Waals surface area contributed by atoms with E-state index in [1.54, 1.807) is 0 Å². The van der Waals surface area contributed by atoms with Gasteiger partial charge in [-0.3, -0.25) is 0 Å².